The van der Waals surface area contributed by atoms with E-state index in [2.05, 4.69) is 26.4 Å². The summed E-state index contributed by atoms with van der Waals surface area (Å²) in [5, 5.41) is 26.9. The first-order chi connectivity index (χ1) is 15.1. The molecule has 2 aliphatic rings. The molecule has 31 heavy (non-hydrogen) atoms. The van der Waals surface area contributed by atoms with Crippen LogP contribution >= 0.6 is 0 Å². The van der Waals surface area contributed by atoms with Crippen LogP contribution in [-0.2, 0) is 0 Å². The lowest BCUT2D eigenvalue weighted by molar-refractivity contribution is 0.102. The number of hydrogen-bond acceptors (Lipinski definition) is 7. The van der Waals surface area contributed by atoms with Crippen molar-refractivity contribution in [1.82, 2.24) is 14.6 Å². The normalized spacial score (nSPS) is 18.5. The molecule has 1 aromatic carbocycles. The molecule has 0 spiro atoms. The van der Waals surface area contributed by atoms with Crippen LogP contribution in [0.15, 0.2) is 36.5 Å². The maximum absolute atomic E-state index is 12.9. The Kier molecular flexibility index (Phi) is 4.92. The van der Waals surface area contributed by atoms with Crippen LogP contribution in [-0.4, -0.2) is 57.9 Å². The summed E-state index contributed by atoms with van der Waals surface area (Å²) in [4.78, 5) is 21.4. The number of rotatable bonds is 4. The minimum absolute atomic E-state index is 0.334. The molecule has 9 heteroatoms. The maximum atomic E-state index is 12.9. The molecule has 2 N–H and O–H groups in total. The van der Waals surface area contributed by atoms with Crippen molar-refractivity contribution in [3.05, 3.63) is 47.7 Å². The number of nitriles is 1. The molecule has 2 fully saturated rings. The van der Waals surface area contributed by atoms with E-state index in [0.29, 0.717) is 42.1 Å². The Balaban J connectivity index is 1.39. The molecule has 0 bridgehead atoms. The number of benzene rings is 1. The summed E-state index contributed by atoms with van der Waals surface area (Å²) in [5.74, 6) is 1.01. The molecule has 0 saturated carbocycles. The van der Waals surface area contributed by atoms with Gasteiger partial charge in [0, 0.05) is 31.7 Å². The number of aromatic nitrogens is 3. The Morgan fingerprint density at radius 3 is 2.74 bits per heavy atom. The predicted molar refractivity (Wildman–Crippen MR) is 116 cm³/mol. The fraction of sp³-hybridized carbons (Fsp3) is 0.364. The summed E-state index contributed by atoms with van der Waals surface area (Å²) in [7, 11) is 0. The Hall–Kier alpha value is -3.64. The van der Waals surface area contributed by atoms with Gasteiger partial charge in [-0.05, 0) is 49.6 Å². The lowest BCUT2D eigenvalue weighted by atomic mass is 10.1. The summed E-state index contributed by atoms with van der Waals surface area (Å²) < 4.78 is 1.64. The molecule has 4 heterocycles. The zero-order valence-corrected chi connectivity index (χ0v) is 17.0. The number of aliphatic hydroxyl groups is 1. The first kappa shape index (κ1) is 19.3. The first-order valence-electron chi connectivity index (χ1n) is 10.5. The van der Waals surface area contributed by atoms with Gasteiger partial charge in [-0.1, -0.05) is 0 Å². The number of nitrogens with one attached hydrogen (secondary N) is 1. The SMILES string of the molecule is N#Cc1cc(C(=O)Nc2cnc3ccc(N4CCCC4)nn23)ccc1N1CCC(O)C1. The van der Waals surface area contributed by atoms with Gasteiger partial charge < -0.3 is 20.2 Å². The fourth-order valence-corrected chi connectivity index (χ4v) is 4.26. The number of carbonyl (C=O) groups is 1. The molecule has 1 atom stereocenters. The van der Waals surface area contributed by atoms with Crippen molar-refractivity contribution >= 4 is 28.9 Å². The molecule has 0 radical (unpaired) electrons. The van der Waals surface area contributed by atoms with Gasteiger partial charge in [-0.2, -0.15) is 9.78 Å². The standard InChI is InChI=1S/C22H23N7O2/c23-12-16-11-15(3-4-18(16)28-10-7-17(30)14-28)22(31)25-21-13-24-19-5-6-20(26-29(19)21)27-8-1-2-9-27/h3-6,11,13,17,30H,1-2,7-10,14H2,(H,25,31). The molecule has 2 aliphatic heterocycles. The summed E-state index contributed by atoms with van der Waals surface area (Å²) in [6.45, 7) is 3.14. The highest BCUT2D eigenvalue weighted by Gasteiger charge is 2.23. The highest BCUT2D eigenvalue weighted by Crippen LogP contribution is 2.26. The van der Waals surface area contributed by atoms with Crippen molar-refractivity contribution in [3.8, 4) is 6.07 Å². The van der Waals surface area contributed by atoms with Crippen LogP contribution in [0.3, 0.4) is 0 Å². The molecular weight excluding hydrogens is 394 g/mol. The molecule has 9 nitrogen and oxygen atoms in total. The van der Waals surface area contributed by atoms with E-state index in [-0.39, 0.29) is 12.0 Å². The summed E-state index contributed by atoms with van der Waals surface area (Å²) in [6, 6.07) is 11.1. The second-order valence-electron chi connectivity index (χ2n) is 7.99. The number of aliphatic hydroxyl groups excluding tert-OH is 1. The average Bonchev–Trinajstić information content (AvgIpc) is 3.54. The van der Waals surface area contributed by atoms with Gasteiger partial charge in [0.05, 0.1) is 23.6 Å². The first-order valence-corrected chi connectivity index (χ1v) is 10.5. The van der Waals surface area contributed by atoms with Gasteiger partial charge in [0.25, 0.3) is 5.91 Å². The summed E-state index contributed by atoms with van der Waals surface area (Å²) in [5.41, 5.74) is 2.18. The van der Waals surface area contributed by atoms with Crippen LogP contribution in [0.5, 0.6) is 0 Å². The van der Waals surface area contributed by atoms with Crippen LogP contribution in [0.4, 0.5) is 17.3 Å². The predicted octanol–water partition coefficient (Wildman–Crippen LogP) is 2.02. The molecule has 158 valence electrons. The van der Waals surface area contributed by atoms with Crippen molar-refractivity contribution in [2.24, 2.45) is 0 Å². The number of hydrogen-bond donors (Lipinski definition) is 2. The van der Waals surface area contributed by atoms with E-state index >= 15 is 0 Å². The van der Waals surface area contributed by atoms with E-state index in [1.165, 1.54) is 0 Å². The van der Waals surface area contributed by atoms with E-state index in [1.54, 1.807) is 28.9 Å². The van der Waals surface area contributed by atoms with E-state index in [4.69, 9.17) is 0 Å². The number of β-amino-alcohol motifs (C(OH)–C–C–N with tert-alkyl or cyclic N) is 1. The largest absolute Gasteiger partial charge is 0.391 e. The topological polar surface area (TPSA) is 110 Å². The van der Waals surface area contributed by atoms with Gasteiger partial charge in [0.1, 0.15) is 11.9 Å². The zero-order chi connectivity index (χ0) is 21.4. The van der Waals surface area contributed by atoms with Crippen LogP contribution in [0.1, 0.15) is 35.2 Å². The fourth-order valence-electron chi connectivity index (χ4n) is 4.26. The second-order valence-corrected chi connectivity index (χ2v) is 7.99. The number of anilines is 3. The van der Waals surface area contributed by atoms with Crippen LogP contribution in [0.25, 0.3) is 5.65 Å². The van der Waals surface area contributed by atoms with Gasteiger partial charge >= 0.3 is 0 Å². The molecule has 5 rings (SSSR count). The number of nitrogens with zero attached hydrogens (tertiary/aromatic N) is 6. The minimum Gasteiger partial charge on any atom is -0.391 e. The van der Waals surface area contributed by atoms with Crippen LogP contribution in [0.2, 0.25) is 0 Å². The number of carbonyl (C=O) groups excluding carboxylic acids is 1. The van der Waals surface area contributed by atoms with Gasteiger partial charge in [-0.3, -0.25) is 4.79 Å². The van der Waals surface area contributed by atoms with Crippen molar-refractivity contribution < 1.29 is 9.90 Å². The smallest absolute Gasteiger partial charge is 0.256 e. The van der Waals surface area contributed by atoms with Gasteiger partial charge in [0.15, 0.2) is 11.5 Å². The van der Waals surface area contributed by atoms with E-state index in [9.17, 15) is 15.2 Å². The third kappa shape index (κ3) is 3.66. The molecule has 2 aromatic heterocycles. The number of amides is 1. The lowest BCUT2D eigenvalue weighted by Gasteiger charge is -2.19. The third-order valence-corrected chi connectivity index (χ3v) is 5.90. The number of imidazole rings is 1. The van der Waals surface area contributed by atoms with Crippen LogP contribution < -0.4 is 15.1 Å². The van der Waals surface area contributed by atoms with Gasteiger partial charge in [-0.25, -0.2) is 4.98 Å². The zero-order valence-electron chi connectivity index (χ0n) is 17.0. The quantitative estimate of drug-likeness (QED) is 0.668. The van der Waals surface area contributed by atoms with E-state index in [1.807, 2.05) is 17.0 Å². The van der Waals surface area contributed by atoms with E-state index in [0.717, 1.165) is 37.4 Å². The third-order valence-electron chi connectivity index (χ3n) is 5.90. The highest BCUT2D eigenvalue weighted by atomic mass is 16.3. The Morgan fingerprint density at radius 1 is 1.16 bits per heavy atom. The monoisotopic (exact) mass is 417 g/mol. The summed E-state index contributed by atoms with van der Waals surface area (Å²) >= 11 is 0. The number of fused-ring (bicyclic) bond motifs is 1. The average molecular weight is 417 g/mol. The molecule has 2 saturated heterocycles. The summed E-state index contributed by atoms with van der Waals surface area (Å²) in [6.07, 6.45) is 4.18. The van der Waals surface area contributed by atoms with Crippen molar-refractivity contribution in [3.63, 3.8) is 0 Å². The van der Waals surface area contributed by atoms with Crippen molar-refractivity contribution in [1.29, 1.82) is 5.26 Å². The minimum atomic E-state index is -0.386. The highest BCUT2D eigenvalue weighted by molar-refractivity contribution is 6.04. The molecule has 1 unspecified atom stereocenters. The second kappa shape index (κ2) is 7.89. The Labute approximate surface area is 179 Å². The Morgan fingerprint density at radius 2 is 2.00 bits per heavy atom. The van der Waals surface area contributed by atoms with Gasteiger partial charge in [-0.15, -0.1) is 5.10 Å². The molecule has 3 aromatic rings. The van der Waals surface area contributed by atoms with E-state index < -0.39 is 0 Å². The Bertz CT molecular complexity index is 1180. The maximum Gasteiger partial charge on any atom is 0.256 e. The molecular formula is C22H23N7O2. The molecule has 1 amide bonds. The van der Waals surface area contributed by atoms with Gasteiger partial charge in [0.2, 0.25) is 0 Å². The molecule has 0 aliphatic carbocycles. The van der Waals surface area contributed by atoms with Crippen LogP contribution in [0, 0.1) is 11.3 Å². The lowest BCUT2D eigenvalue weighted by Crippen LogP contribution is -2.22. The van der Waals surface area contributed by atoms with Crippen molar-refractivity contribution in [2.45, 2.75) is 25.4 Å². The van der Waals surface area contributed by atoms with Crippen molar-refractivity contribution in [2.75, 3.05) is 41.3 Å².